The van der Waals surface area contributed by atoms with Crippen LogP contribution in [0.5, 0.6) is 0 Å². The predicted octanol–water partition coefficient (Wildman–Crippen LogP) is 3.33. The minimum absolute atomic E-state index is 0. The topological polar surface area (TPSA) is 0 Å². The Morgan fingerprint density at radius 2 is 0.846 bits per heavy atom. The summed E-state index contributed by atoms with van der Waals surface area (Å²) in [6.07, 6.45) is 0. The van der Waals surface area contributed by atoms with Gasteiger partial charge < -0.3 is 0 Å². The molecule has 0 saturated carbocycles. The van der Waals surface area contributed by atoms with Gasteiger partial charge in [0.2, 0.25) is 5.82 Å². The maximum absolute atomic E-state index is 12.4. The van der Waals surface area contributed by atoms with Crippen LogP contribution in [0, 0.1) is 36.0 Å². The molecule has 1 aromatic rings. The van der Waals surface area contributed by atoms with Gasteiger partial charge in [0.05, 0.1) is 0 Å². The van der Waals surface area contributed by atoms with Crippen molar-refractivity contribution in [2.75, 3.05) is 0 Å². The van der Waals surface area contributed by atoms with Crippen LogP contribution in [0.15, 0.2) is 0 Å². The average molecular weight is 198 g/mol. The van der Waals surface area contributed by atoms with Crippen LogP contribution in [-0.2, 0) is 0 Å². The summed E-state index contributed by atoms with van der Waals surface area (Å²) in [6, 6.07) is 0. The van der Waals surface area contributed by atoms with Gasteiger partial charge in [-0.3, -0.25) is 0 Å². The van der Waals surface area contributed by atoms with E-state index in [1.165, 1.54) is 0 Å². The first-order valence-electron chi connectivity index (χ1n) is 2.94. The van der Waals surface area contributed by atoms with Crippen molar-refractivity contribution < 1.29 is 22.0 Å². The first-order chi connectivity index (χ1) is 5.46. The van der Waals surface area contributed by atoms with Crippen molar-refractivity contribution in [1.82, 2.24) is 0 Å². The van der Waals surface area contributed by atoms with Gasteiger partial charge in [0.25, 0.3) is 0 Å². The first kappa shape index (κ1) is 11.9. The molecular weight excluding hydrogens is 191 g/mol. The maximum atomic E-state index is 12.4. The lowest BCUT2D eigenvalue weighted by Crippen LogP contribution is -2.03. The molecule has 0 radical (unpaired) electrons. The molecule has 13 heavy (non-hydrogen) atoms. The van der Waals surface area contributed by atoms with Crippen molar-refractivity contribution in [3.63, 3.8) is 0 Å². The van der Waals surface area contributed by atoms with Crippen LogP contribution in [0.25, 0.3) is 0 Å². The smallest absolute Gasteiger partial charge is 0.200 e. The molecule has 0 amide bonds. The molecule has 0 saturated heterocycles. The number of hydrogen-bond acceptors (Lipinski definition) is 0. The summed E-state index contributed by atoms with van der Waals surface area (Å²) in [6.45, 7) is 0.816. The highest BCUT2D eigenvalue weighted by molar-refractivity contribution is 5.22. The van der Waals surface area contributed by atoms with Gasteiger partial charge in [0.1, 0.15) is 0 Å². The molecule has 0 N–H and O–H groups in total. The second-order valence-electron chi connectivity index (χ2n) is 2.19. The summed E-state index contributed by atoms with van der Waals surface area (Å²) in [5, 5.41) is 0. The van der Waals surface area contributed by atoms with Gasteiger partial charge in [-0.05, 0) is 6.92 Å². The van der Waals surface area contributed by atoms with Crippen LogP contribution in [-0.4, -0.2) is 0 Å². The quantitative estimate of drug-likeness (QED) is 0.340. The summed E-state index contributed by atoms with van der Waals surface area (Å²) in [4.78, 5) is 0. The largest absolute Gasteiger partial charge is 0.203 e. The Hall–Kier alpha value is -1.13. The minimum atomic E-state index is -2.13. The van der Waals surface area contributed by atoms with Crippen LogP contribution in [0.1, 0.15) is 13.0 Å². The van der Waals surface area contributed by atoms with E-state index in [0.29, 0.717) is 0 Å². The average Bonchev–Trinajstić information content (AvgIpc) is 2.08. The third-order valence-corrected chi connectivity index (χ3v) is 1.43. The van der Waals surface area contributed by atoms with E-state index in [2.05, 4.69) is 0 Å². The number of rotatable bonds is 0. The molecular formula is C8H7F5. The summed E-state index contributed by atoms with van der Waals surface area (Å²) >= 11 is 0. The van der Waals surface area contributed by atoms with Gasteiger partial charge in [-0.2, -0.15) is 0 Å². The van der Waals surface area contributed by atoms with Gasteiger partial charge in [-0.15, -0.1) is 0 Å². The van der Waals surface area contributed by atoms with E-state index in [-0.39, 0.29) is 7.43 Å². The van der Waals surface area contributed by atoms with Crippen LogP contribution in [0.3, 0.4) is 0 Å². The van der Waals surface area contributed by atoms with E-state index in [9.17, 15) is 22.0 Å². The summed E-state index contributed by atoms with van der Waals surface area (Å²) in [5.41, 5.74) is -0.869. The molecule has 5 heteroatoms. The molecule has 0 bridgehead atoms. The van der Waals surface area contributed by atoms with Crippen LogP contribution < -0.4 is 0 Å². The Bertz CT molecular complexity index is 227. The third kappa shape index (κ3) is 1.64. The van der Waals surface area contributed by atoms with E-state index in [1.807, 2.05) is 0 Å². The third-order valence-electron chi connectivity index (χ3n) is 1.43. The molecule has 1 aromatic carbocycles. The lowest BCUT2D eigenvalue weighted by atomic mass is 10.2. The molecule has 0 aliphatic rings. The van der Waals surface area contributed by atoms with Crippen molar-refractivity contribution in [3.05, 3.63) is 34.6 Å². The van der Waals surface area contributed by atoms with Crippen LogP contribution in [0.2, 0.25) is 0 Å². The van der Waals surface area contributed by atoms with E-state index in [4.69, 9.17) is 0 Å². The number of benzene rings is 1. The molecule has 0 aromatic heterocycles. The van der Waals surface area contributed by atoms with Crippen molar-refractivity contribution in [2.24, 2.45) is 0 Å². The summed E-state index contributed by atoms with van der Waals surface area (Å²) in [7, 11) is 0. The van der Waals surface area contributed by atoms with E-state index < -0.39 is 34.6 Å². The zero-order chi connectivity index (χ0) is 9.46. The zero-order valence-electron chi connectivity index (χ0n) is 5.89. The van der Waals surface area contributed by atoms with Crippen LogP contribution in [0.4, 0.5) is 22.0 Å². The zero-order valence-corrected chi connectivity index (χ0v) is 5.89. The summed E-state index contributed by atoms with van der Waals surface area (Å²) < 4.78 is 61.6. The van der Waals surface area contributed by atoms with Gasteiger partial charge in [0.15, 0.2) is 23.3 Å². The highest BCUT2D eigenvalue weighted by Gasteiger charge is 2.22. The highest BCUT2D eigenvalue weighted by atomic mass is 19.2. The van der Waals surface area contributed by atoms with Gasteiger partial charge in [-0.25, -0.2) is 22.0 Å². The molecule has 1 rings (SSSR count). The predicted molar refractivity (Wildman–Crippen MR) is 37.7 cm³/mol. The van der Waals surface area contributed by atoms with Crippen LogP contribution >= 0.6 is 0 Å². The van der Waals surface area contributed by atoms with Gasteiger partial charge in [-0.1, -0.05) is 7.43 Å². The molecule has 0 nitrogen and oxygen atoms in total. The lowest BCUT2D eigenvalue weighted by molar-refractivity contribution is 0.373. The SMILES string of the molecule is C.Cc1c(F)c(F)c(F)c(F)c1F. The highest BCUT2D eigenvalue weighted by Crippen LogP contribution is 2.21. The lowest BCUT2D eigenvalue weighted by Gasteiger charge is -2.02. The Balaban J connectivity index is 0.00000144. The Morgan fingerprint density at radius 3 is 1.15 bits per heavy atom. The number of halogens is 5. The van der Waals surface area contributed by atoms with E-state index >= 15 is 0 Å². The van der Waals surface area contributed by atoms with Gasteiger partial charge >= 0.3 is 0 Å². The normalized spacial score (nSPS) is 9.69. The number of hydrogen-bond donors (Lipinski definition) is 0. The van der Waals surface area contributed by atoms with Gasteiger partial charge in [0, 0.05) is 5.56 Å². The molecule has 74 valence electrons. The monoisotopic (exact) mass is 198 g/mol. The fourth-order valence-corrected chi connectivity index (χ4v) is 0.715. The molecule has 0 aliphatic heterocycles. The second-order valence-corrected chi connectivity index (χ2v) is 2.19. The van der Waals surface area contributed by atoms with Crippen molar-refractivity contribution in [2.45, 2.75) is 14.4 Å². The Morgan fingerprint density at radius 1 is 0.615 bits per heavy atom. The molecule has 0 spiro atoms. The van der Waals surface area contributed by atoms with E-state index in [1.54, 1.807) is 0 Å². The second kappa shape index (κ2) is 3.72. The maximum Gasteiger partial charge on any atom is 0.200 e. The molecule has 0 atom stereocenters. The van der Waals surface area contributed by atoms with E-state index in [0.717, 1.165) is 6.92 Å². The molecule has 0 fully saturated rings. The molecule has 0 heterocycles. The standard InChI is InChI=1S/C7H3F5.CH4/c1-2-3(8)5(10)7(12)6(11)4(2)9;/h1H3;1H4. The van der Waals surface area contributed by atoms with Crippen molar-refractivity contribution in [1.29, 1.82) is 0 Å². The summed E-state index contributed by atoms with van der Waals surface area (Å²) in [5.74, 6) is -9.52. The fourth-order valence-electron chi connectivity index (χ4n) is 0.715. The first-order valence-corrected chi connectivity index (χ1v) is 2.94. The van der Waals surface area contributed by atoms with Crippen molar-refractivity contribution in [3.8, 4) is 0 Å². The molecule has 0 aliphatic carbocycles. The Kier molecular flexibility index (Phi) is 3.40. The minimum Gasteiger partial charge on any atom is -0.203 e. The Labute approximate surface area is 72.0 Å². The fraction of sp³-hybridized carbons (Fsp3) is 0.250. The molecule has 0 unspecified atom stereocenters. The van der Waals surface area contributed by atoms with Crippen molar-refractivity contribution >= 4 is 0 Å².